The molecule has 0 aliphatic rings. The standard InChI is InChI=1S/C25H23N7O2/c1-15-9-20(34-19-5-3-2-4-6-19)7-8-21(15)32-22-23(28)29-14-30-24(22)31(25(32)33)18-11-16(13-26)10-17(27)12-18/h2-12,14H,13,26-27H2,1H3,(H2,28,29,30). The maximum Gasteiger partial charge on any atom is 0.339 e. The van der Waals surface area contributed by atoms with Gasteiger partial charge in [-0.2, -0.15) is 0 Å². The van der Waals surface area contributed by atoms with Crippen LogP contribution in [0.2, 0.25) is 0 Å². The average molecular weight is 454 g/mol. The lowest BCUT2D eigenvalue weighted by Crippen LogP contribution is -2.23. The molecule has 0 bridgehead atoms. The molecule has 0 amide bonds. The van der Waals surface area contributed by atoms with Crippen LogP contribution in [-0.4, -0.2) is 19.1 Å². The van der Waals surface area contributed by atoms with E-state index < -0.39 is 0 Å². The van der Waals surface area contributed by atoms with E-state index in [0.29, 0.717) is 34.0 Å². The third-order valence-electron chi connectivity index (χ3n) is 5.53. The third kappa shape index (κ3) is 3.63. The summed E-state index contributed by atoms with van der Waals surface area (Å²) in [5, 5.41) is 0. The van der Waals surface area contributed by atoms with Crippen molar-refractivity contribution in [1.82, 2.24) is 19.1 Å². The van der Waals surface area contributed by atoms with Crippen molar-refractivity contribution in [1.29, 1.82) is 0 Å². The van der Waals surface area contributed by atoms with Gasteiger partial charge in [0.15, 0.2) is 11.5 Å². The van der Waals surface area contributed by atoms with Gasteiger partial charge in [0.05, 0.1) is 11.4 Å². The second-order valence-corrected chi connectivity index (χ2v) is 7.88. The van der Waals surface area contributed by atoms with Crippen molar-refractivity contribution in [2.75, 3.05) is 11.5 Å². The molecule has 6 N–H and O–H groups in total. The first kappa shape index (κ1) is 21.2. The Morgan fingerprint density at radius 1 is 0.912 bits per heavy atom. The number of imidazole rings is 1. The van der Waals surface area contributed by atoms with Gasteiger partial charge in [-0.1, -0.05) is 18.2 Å². The van der Waals surface area contributed by atoms with E-state index in [2.05, 4.69) is 9.97 Å². The first-order chi connectivity index (χ1) is 16.5. The molecule has 34 heavy (non-hydrogen) atoms. The van der Waals surface area contributed by atoms with Crippen LogP contribution in [0.4, 0.5) is 11.5 Å². The summed E-state index contributed by atoms with van der Waals surface area (Å²) in [5.41, 5.74) is 21.8. The molecule has 0 unspecified atom stereocenters. The van der Waals surface area contributed by atoms with Gasteiger partial charge < -0.3 is 21.9 Å². The van der Waals surface area contributed by atoms with Gasteiger partial charge in [0.1, 0.15) is 23.3 Å². The van der Waals surface area contributed by atoms with Crippen molar-refractivity contribution in [2.45, 2.75) is 13.5 Å². The van der Waals surface area contributed by atoms with Gasteiger partial charge in [0.2, 0.25) is 0 Å². The Morgan fingerprint density at radius 2 is 1.71 bits per heavy atom. The average Bonchev–Trinajstić information content (AvgIpc) is 3.12. The summed E-state index contributed by atoms with van der Waals surface area (Å²) in [6.07, 6.45) is 1.33. The van der Waals surface area contributed by atoms with Gasteiger partial charge in [-0.3, -0.25) is 4.57 Å². The Bertz CT molecular complexity index is 1570. The molecule has 0 spiro atoms. The van der Waals surface area contributed by atoms with Gasteiger partial charge in [-0.25, -0.2) is 19.3 Å². The monoisotopic (exact) mass is 453 g/mol. The molecule has 5 rings (SSSR count). The number of aryl methyl sites for hydroxylation is 1. The fourth-order valence-electron chi connectivity index (χ4n) is 4.02. The number of ether oxygens (including phenoxy) is 1. The van der Waals surface area contributed by atoms with Crippen molar-refractivity contribution < 1.29 is 4.74 Å². The van der Waals surface area contributed by atoms with Crippen molar-refractivity contribution in [3.05, 3.63) is 94.7 Å². The Hall–Kier alpha value is -4.63. The normalized spacial score (nSPS) is 11.1. The zero-order valence-corrected chi connectivity index (χ0v) is 18.5. The molecule has 0 atom stereocenters. The number of nitrogens with zero attached hydrogens (tertiary/aromatic N) is 4. The predicted molar refractivity (Wildman–Crippen MR) is 132 cm³/mol. The summed E-state index contributed by atoms with van der Waals surface area (Å²) < 4.78 is 8.92. The number of nitrogen functional groups attached to an aromatic ring is 2. The fourth-order valence-corrected chi connectivity index (χ4v) is 4.02. The van der Waals surface area contributed by atoms with Gasteiger partial charge in [-0.05, 0) is 66.6 Å². The topological polar surface area (TPSA) is 140 Å². The number of benzene rings is 3. The van der Waals surface area contributed by atoms with Crippen LogP contribution in [0.3, 0.4) is 0 Å². The number of hydrogen-bond acceptors (Lipinski definition) is 7. The number of anilines is 2. The van der Waals surface area contributed by atoms with E-state index in [9.17, 15) is 4.79 Å². The van der Waals surface area contributed by atoms with Crippen molar-refractivity contribution in [2.24, 2.45) is 5.73 Å². The highest BCUT2D eigenvalue weighted by molar-refractivity contribution is 5.85. The molecule has 0 radical (unpaired) electrons. The molecule has 2 heterocycles. The fraction of sp³-hybridized carbons (Fsp3) is 0.0800. The highest BCUT2D eigenvalue weighted by Gasteiger charge is 2.21. The van der Waals surface area contributed by atoms with Crippen LogP contribution in [-0.2, 0) is 6.54 Å². The van der Waals surface area contributed by atoms with Crippen LogP contribution in [0.5, 0.6) is 11.5 Å². The maximum absolute atomic E-state index is 13.8. The number of para-hydroxylation sites is 1. The van der Waals surface area contributed by atoms with Crippen LogP contribution >= 0.6 is 0 Å². The molecule has 0 saturated heterocycles. The van der Waals surface area contributed by atoms with Crippen LogP contribution in [0.1, 0.15) is 11.1 Å². The van der Waals surface area contributed by atoms with Crippen LogP contribution in [0.25, 0.3) is 22.5 Å². The summed E-state index contributed by atoms with van der Waals surface area (Å²) in [7, 11) is 0. The maximum atomic E-state index is 13.8. The molecular weight excluding hydrogens is 430 g/mol. The van der Waals surface area contributed by atoms with Gasteiger partial charge in [0.25, 0.3) is 0 Å². The van der Waals surface area contributed by atoms with E-state index in [1.54, 1.807) is 18.2 Å². The molecule has 0 aliphatic heterocycles. The smallest absolute Gasteiger partial charge is 0.339 e. The number of aromatic nitrogens is 4. The zero-order valence-electron chi connectivity index (χ0n) is 18.5. The predicted octanol–water partition coefficient (Wildman–Crippen LogP) is 3.30. The van der Waals surface area contributed by atoms with E-state index in [0.717, 1.165) is 16.9 Å². The second kappa shape index (κ2) is 8.38. The first-order valence-corrected chi connectivity index (χ1v) is 10.6. The lowest BCUT2D eigenvalue weighted by atomic mass is 10.1. The van der Waals surface area contributed by atoms with Crippen LogP contribution in [0.15, 0.2) is 77.9 Å². The SMILES string of the molecule is Cc1cc(Oc2ccccc2)ccc1-n1c(=O)n(-c2cc(N)cc(CN)c2)c2ncnc(N)c21. The number of hydrogen-bond donors (Lipinski definition) is 3. The Balaban J connectivity index is 1.70. The summed E-state index contributed by atoms with van der Waals surface area (Å²) in [4.78, 5) is 22.3. The lowest BCUT2D eigenvalue weighted by molar-refractivity contribution is 0.482. The van der Waals surface area contributed by atoms with Crippen LogP contribution in [0, 0.1) is 6.92 Å². The van der Waals surface area contributed by atoms with Crippen molar-refractivity contribution in [3.63, 3.8) is 0 Å². The number of fused-ring (bicyclic) bond motifs is 1. The van der Waals surface area contributed by atoms with Crippen molar-refractivity contribution >= 4 is 22.7 Å². The molecule has 0 saturated carbocycles. The molecule has 3 aromatic carbocycles. The molecule has 170 valence electrons. The second-order valence-electron chi connectivity index (χ2n) is 7.88. The minimum absolute atomic E-state index is 0.188. The quantitative estimate of drug-likeness (QED) is 0.347. The zero-order chi connectivity index (χ0) is 23.8. The molecule has 9 nitrogen and oxygen atoms in total. The number of nitrogens with two attached hydrogens (primary N) is 3. The first-order valence-electron chi connectivity index (χ1n) is 10.6. The summed E-state index contributed by atoms with van der Waals surface area (Å²) in [6.45, 7) is 2.18. The molecule has 0 aliphatic carbocycles. The molecule has 0 fully saturated rings. The van der Waals surface area contributed by atoms with Gasteiger partial charge in [-0.15, -0.1) is 0 Å². The minimum Gasteiger partial charge on any atom is -0.457 e. The molecular formula is C25H23N7O2. The Labute approximate surface area is 195 Å². The minimum atomic E-state index is -0.351. The van der Waals surface area contributed by atoms with E-state index in [1.807, 2.05) is 55.5 Å². The van der Waals surface area contributed by atoms with E-state index >= 15 is 0 Å². The highest BCUT2D eigenvalue weighted by atomic mass is 16.5. The number of rotatable bonds is 5. The Morgan fingerprint density at radius 3 is 2.44 bits per heavy atom. The highest BCUT2D eigenvalue weighted by Crippen LogP contribution is 2.29. The van der Waals surface area contributed by atoms with E-state index in [4.69, 9.17) is 21.9 Å². The third-order valence-corrected chi connectivity index (χ3v) is 5.53. The molecule has 2 aromatic heterocycles. The molecule has 9 heteroatoms. The van der Waals surface area contributed by atoms with Crippen molar-refractivity contribution in [3.8, 4) is 22.9 Å². The summed E-state index contributed by atoms with van der Waals surface area (Å²) >= 11 is 0. The summed E-state index contributed by atoms with van der Waals surface area (Å²) in [6, 6.07) is 20.2. The molecule has 5 aromatic rings. The Kier molecular flexibility index (Phi) is 5.23. The van der Waals surface area contributed by atoms with Gasteiger partial charge in [0, 0.05) is 12.2 Å². The van der Waals surface area contributed by atoms with Crippen LogP contribution < -0.4 is 27.6 Å². The van der Waals surface area contributed by atoms with Gasteiger partial charge >= 0.3 is 5.69 Å². The van der Waals surface area contributed by atoms with E-state index in [1.165, 1.54) is 15.5 Å². The van der Waals surface area contributed by atoms with E-state index in [-0.39, 0.29) is 18.1 Å². The lowest BCUT2D eigenvalue weighted by Gasteiger charge is -2.11. The largest absolute Gasteiger partial charge is 0.457 e. The summed E-state index contributed by atoms with van der Waals surface area (Å²) in [5.74, 6) is 1.56.